The number of thiazole rings is 2. The van der Waals surface area contributed by atoms with Crippen LogP contribution in [0.3, 0.4) is 0 Å². The number of aryl methyl sites for hydroxylation is 1. The topological polar surface area (TPSA) is 81.2 Å². The van der Waals surface area contributed by atoms with Gasteiger partial charge in [-0.2, -0.15) is 0 Å². The Morgan fingerprint density at radius 1 is 1.33 bits per heavy atom. The van der Waals surface area contributed by atoms with Gasteiger partial charge in [0.25, 0.3) is 5.91 Å². The highest BCUT2D eigenvalue weighted by Crippen LogP contribution is 2.23. The molecule has 2 aromatic rings. The van der Waals surface area contributed by atoms with Crippen LogP contribution in [0.2, 0.25) is 0 Å². The van der Waals surface area contributed by atoms with E-state index < -0.39 is 0 Å². The lowest BCUT2D eigenvalue weighted by molar-refractivity contribution is -0.142. The molecule has 6 nitrogen and oxygen atoms in total. The number of ether oxygens (including phenoxy) is 1. The van der Waals surface area contributed by atoms with Gasteiger partial charge in [0.15, 0.2) is 5.13 Å². The van der Waals surface area contributed by atoms with Crippen LogP contribution >= 0.6 is 22.7 Å². The Bertz CT molecular complexity index is 722. The van der Waals surface area contributed by atoms with Gasteiger partial charge in [-0.1, -0.05) is 13.8 Å². The van der Waals surface area contributed by atoms with Crippen molar-refractivity contribution in [2.24, 2.45) is 5.92 Å². The summed E-state index contributed by atoms with van der Waals surface area (Å²) in [6, 6.07) is 0. The summed E-state index contributed by atoms with van der Waals surface area (Å²) >= 11 is 2.83. The van der Waals surface area contributed by atoms with Crippen LogP contribution in [0.4, 0.5) is 5.13 Å². The van der Waals surface area contributed by atoms with Crippen LogP contribution in [-0.2, 0) is 22.4 Å². The first-order chi connectivity index (χ1) is 11.4. The number of rotatable bonds is 7. The van der Waals surface area contributed by atoms with Crippen molar-refractivity contribution in [2.75, 3.05) is 11.9 Å². The van der Waals surface area contributed by atoms with Crippen molar-refractivity contribution < 1.29 is 14.3 Å². The molecule has 0 aliphatic rings. The third-order valence-corrected chi connectivity index (χ3v) is 4.82. The zero-order chi connectivity index (χ0) is 17.7. The number of nitrogens with zero attached hydrogens (tertiary/aromatic N) is 2. The maximum atomic E-state index is 12.5. The highest BCUT2D eigenvalue weighted by atomic mass is 32.1. The van der Waals surface area contributed by atoms with E-state index in [-0.39, 0.29) is 18.3 Å². The van der Waals surface area contributed by atoms with Crippen LogP contribution in [0, 0.1) is 12.8 Å². The molecule has 0 fully saturated rings. The third kappa shape index (κ3) is 5.10. The number of anilines is 1. The Labute approximate surface area is 149 Å². The van der Waals surface area contributed by atoms with Gasteiger partial charge >= 0.3 is 5.97 Å². The normalized spacial score (nSPS) is 10.9. The van der Waals surface area contributed by atoms with Crippen LogP contribution in [0.5, 0.6) is 0 Å². The van der Waals surface area contributed by atoms with Gasteiger partial charge in [-0.3, -0.25) is 14.9 Å². The second-order valence-corrected chi connectivity index (χ2v) is 7.83. The average molecular weight is 367 g/mol. The fourth-order valence-electron chi connectivity index (χ4n) is 2.12. The van der Waals surface area contributed by atoms with Crippen molar-refractivity contribution in [3.05, 3.63) is 26.7 Å². The minimum atomic E-state index is -0.324. The van der Waals surface area contributed by atoms with E-state index in [9.17, 15) is 9.59 Å². The first-order valence-corrected chi connectivity index (χ1v) is 9.46. The first kappa shape index (κ1) is 18.5. The standard InChI is InChI=1S/C16H21N3O3S2/c1-5-22-13(20)7-11-8-23-16(18-11)19-15(21)14-12(6-9(2)3)24-10(4)17-14/h8-9H,5-7H2,1-4H3,(H,18,19,21). The van der Waals surface area contributed by atoms with Crippen molar-refractivity contribution in [3.63, 3.8) is 0 Å². The quantitative estimate of drug-likeness (QED) is 0.758. The van der Waals surface area contributed by atoms with Crippen molar-refractivity contribution in [2.45, 2.75) is 40.5 Å². The fourth-order valence-corrected chi connectivity index (χ4v) is 3.97. The zero-order valence-electron chi connectivity index (χ0n) is 14.2. The highest BCUT2D eigenvalue weighted by Gasteiger charge is 2.19. The number of carbonyl (C=O) groups excluding carboxylic acids is 2. The smallest absolute Gasteiger partial charge is 0.311 e. The SMILES string of the molecule is CCOC(=O)Cc1csc(NC(=O)c2nc(C)sc2CC(C)C)n1. The number of carbonyl (C=O) groups is 2. The van der Waals surface area contributed by atoms with Crippen molar-refractivity contribution in [3.8, 4) is 0 Å². The second kappa shape index (κ2) is 8.34. The summed E-state index contributed by atoms with van der Waals surface area (Å²) in [5.74, 6) is -0.130. The van der Waals surface area contributed by atoms with Crippen LogP contribution in [0.25, 0.3) is 0 Å². The molecule has 130 valence electrons. The lowest BCUT2D eigenvalue weighted by Crippen LogP contribution is -2.15. The van der Waals surface area contributed by atoms with Gasteiger partial charge in [0, 0.05) is 10.3 Å². The van der Waals surface area contributed by atoms with Gasteiger partial charge in [0.05, 0.1) is 23.7 Å². The summed E-state index contributed by atoms with van der Waals surface area (Å²) in [7, 11) is 0. The molecule has 24 heavy (non-hydrogen) atoms. The predicted molar refractivity (Wildman–Crippen MR) is 95.8 cm³/mol. The molecule has 0 unspecified atom stereocenters. The van der Waals surface area contributed by atoms with Crippen LogP contribution < -0.4 is 5.32 Å². The van der Waals surface area contributed by atoms with Crippen molar-refractivity contribution in [1.82, 2.24) is 9.97 Å². The van der Waals surface area contributed by atoms with E-state index in [1.54, 1.807) is 23.6 Å². The van der Waals surface area contributed by atoms with E-state index in [1.807, 2.05) is 6.92 Å². The number of esters is 1. The zero-order valence-corrected chi connectivity index (χ0v) is 15.8. The Morgan fingerprint density at radius 3 is 2.75 bits per heavy atom. The third-order valence-electron chi connectivity index (χ3n) is 3.02. The molecule has 0 atom stereocenters. The Balaban J connectivity index is 2.05. The summed E-state index contributed by atoms with van der Waals surface area (Å²) in [6.45, 7) is 8.22. The number of aromatic nitrogens is 2. The second-order valence-electron chi connectivity index (χ2n) is 5.68. The van der Waals surface area contributed by atoms with E-state index in [2.05, 4.69) is 29.1 Å². The number of amides is 1. The molecule has 0 saturated carbocycles. The van der Waals surface area contributed by atoms with E-state index in [0.29, 0.717) is 29.0 Å². The number of hydrogen-bond acceptors (Lipinski definition) is 7. The first-order valence-electron chi connectivity index (χ1n) is 7.76. The Hall–Kier alpha value is -1.80. The Kier molecular flexibility index (Phi) is 6.44. The summed E-state index contributed by atoms with van der Waals surface area (Å²) in [4.78, 5) is 33.5. The maximum absolute atomic E-state index is 12.5. The summed E-state index contributed by atoms with van der Waals surface area (Å²) < 4.78 is 4.89. The van der Waals surface area contributed by atoms with Gasteiger partial charge < -0.3 is 4.74 Å². The van der Waals surface area contributed by atoms with Gasteiger partial charge in [-0.15, -0.1) is 22.7 Å². The molecule has 2 rings (SSSR count). The van der Waals surface area contributed by atoms with E-state index in [0.717, 1.165) is 16.3 Å². The number of hydrogen-bond donors (Lipinski definition) is 1. The molecule has 2 aromatic heterocycles. The molecular weight excluding hydrogens is 346 g/mol. The lowest BCUT2D eigenvalue weighted by atomic mass is 10.1. The van der Waals surface area contributed by atoms with Crippen LogP contribution in [-0.4, -0.2) is 28.5 Å². The molecule has 0 aliphatic carbocycles. The maximum Gasteiger partial charge on any atom is 0.311 e. The largest absolute Gasteiger partial charge is 0.466 e. The minimum Gasteiger partial charge on any atom is -0.466 e. The highest BCUT2D eigenvalue weighted by molar-refractivity contribution is 7.14. The summed E-state index contributed by atoms with van der Waals surface area (Å²) in [5.41, 5.74) is 1.05. The molecular formula is C16H21N3O3S2. The predicted octanol–water partition coefficient (Wildman–Crippen LogP) is 3.46. The van der Waals surface area contributed by atoms with Gasteiger partial charge in [0.1, 0.15) is 5.69 Å². The van der Waals surface area contributed by atoms with Gasteiger partial charge in [-0.25, -0.2) is 9.97 Å². The molecule has 0 aromatic carbocycles. The van der Waals surface area contributed by atoms with E-state index in [4.69, 9.17) is 4.74 Å². The molecule has 8 heteroatoms. The van der Waals surface area contributed by atoms with Crippen LogP contribution in [0.15, 0.2) is 5.38 Å². The van der Waals surface area contributed by atoms with Gasteiger partial charge in [0.2, 0.25) is 0 Å². The molecule has 0 saturated heterocycles. The molecule has 0 radical (unpaired) electrons. The van der Waals surface area contributed by atoms with E-state index in [1.165, 1.54) is 11.3 Å². The van der Waals surface area contributed by atoms with Crippen LogP contribution in [0.1, 0.15) is 46.8 Å². The summed E-state index contributed by atoms with van der Waals surface area (Å²) in [5, 5.41) is 5.85. The molecule has 1 N–H and O–H groups in total. The van der Waals surface area contributed by atoms with Crippen molar-refractivity contribution >= 4 is 39.7 Å². The molecule has 0 aliphatic heterocycles. The monoisotopic (exact) mass is 367 g/mol. The molecule has 1 amide bonds. The minimum absolute atomic E-state index is 0.106. The van der Waals surface area contributed by atoms with Crippen molar-refractivity contribution in [1.29, 1.82) is 0 Å². The average Bonchev–Trinajstić information content (AvgIpc) is 3.05. The Morgan fingerprint density at radius 2 is 2.08 bits per heavy atom. The summed E-state index contributed by atoms with van der Waals surface area (Å²) in [6.07, 6.45) is 0.925. The molecule has 0 spiro atoms. The molecule has 2 heterocycles. The lowest BCUT2D eigenvalue weighted by Gasteiger charge is -2.04. The molecule has 0 bridgehead atoms. The number of nitrogens with one attached hydrogen (secondary N) is 1. The van der Waals surface area contributed by atoms with E-state index >= 15 is 0 Å². The fraction of sp³-hybridized carbons (Fsp3) is 0.500. The van der Waals surface area contributed by atoms with Gasteiger partial charge in [-0.05, 0) is 26.2 Å².